The Morgan fingerprint density at radius 3 is 2.67 bits per heavy atom. The quantitative estimate of drug-likeness (QED) is 0.277. The predicted octanol–water partition coefficient (Wildman–Crippen LogP) is 3.78. The molecule has 30 heavy (non-hydrogen) atoms. The van der Waals surface area contributed by atoms with Crippen molar-refractivity contribution in [2.45, 2.75) is 13.5 Å². The Bertz CT molecular complexity index is 1070. The van der Waals surface area contributed by atoms with Gasteiger partial charge in [-0.1, -0.05) is 23.7 Å². The van der Waals surface area contributed by atoms with E-state index in [1.807, 2.05) is 37.3 Å². The number of ether oxygens (including phenoxy) is 2. The molecule has 11 heteroatoms. The molecule has 1 heterocycles. The summed E-state index contributed by atoms with van der Waals surface area (Å²) < 4.78 is 16.9. The van der Waals surface area contributed by atoms with E-state index in [0.717, 1.165) is 5.56 Å². The molecule has 0 fully saturated rings. The maximum atomic E-state index is 5.96. The van der Waals surface area contributed by atoms with Crippen LogP contribution in [0, 0.1) is 0 Å². The molecule has 9 nitrogen and oxygen atoms in total. The van der Waals surface area contributed by atoms with Crippen molar-refractivity contribution in [3.05, 3.63) is 62.7 Å². The van der Waals surface area contributed by atoms with Crippen LogP contribution in [0.1, 0.15) is 23.7 Å². The maximum Gasteiger partial charge on any atom is 0.199 e. The zero-order valence-electron chi connectivity index (χ0n) is 15.9. The molecular weight excluding hydrogens is 476 g/mol. The predicted molar refractivity (Wildman–Crippen MR) is 118 cm³/mol. The third kappa shape index (κ3) is 5.49. The van der Waals surface area contributed by atoms with Crippen LogP contribution in [-0.2, 0) is 6.61 Å². The summed E-state index contributed by atoms with van der Waals surface area (Å²) in [7, 11) is 0. The molecule has 1 aromatic heterocycles. The second-order valence-corrected chi connectivity index (χ2v) is 7.20. The standard InChI is InChI=1S/C19H18BrClN6O3/c1-2-28-15-8-12(9-24-25-18(22)16-19(23)27-30-26-16)7-14(20)17(15)29-10-11-3-5-13(21)6-4-11/h3-9H,2,10H2,1H3,(H2,22,25)(H2,23,27). The van der Waals surface area contributed by atoms with Gasteiger partial charge in [-0.15, -0.1) is 5.10 Å². The van der Waals surface area contributed by atoms with E-state index < -0.39 is 0 Å². The van der Waals surface area contributed by atoms with Gasteiger partial charge in [-0.3, -0.25) is 0 Å². The van der Waals surface area contributed by atoms with Gasteiger partial charge in [0.1, 0.15) is 6.61 Å². The molecule has 0 radical (unpaired) electrons. The first-order chi connectivity index (χ1) is 14.5. The van der Waals surface area contributed by atoms with Gasteiger partial charge >= 0.3 is 0 Å². The van der Waals surface area contributed by atoms with Crippen LogP contribution in [0.4, 0.5) is 5.82 Å². The van der Waals surface area contributed by atoms with Gasteiger partial charge in [0.2, 0.25) is 0 Å². The molecule has 156 valence electrons. The van der Waals surface area contributed by atoms with Gasteiger partial charge in [-0.05, 0) is 68.6 Å². The summed E-state index contributed by atoms with van der Waals surface area (Å²) in [5, 5.41) is 15.5. The molecule has 0 aliphatic rings. The minimum absolute atomic E-state index is 0.0167. The topological polar surface area (TPSA) is 134 Å². The van der Waals surface area contributed by atoms with Gasteiger partial charge in [0.05, 0.1) is 17.3 Å². The Hall–Kier alpha value is -3.11. The molecule has 0 amide bonds. The lowest BCUT2D eigenvalue weighted by atomic mass is 10.2. The second-order valence-electron chi connectivity index (χ2n) is 5.91. The summed E-state index contributed by atoms with van der Waals surface area (Å²) >= 11 is 9.44. The van der Waals surface area contributed by atoms with Crippen molar-refractivity contribution in [3.8, 4) is 11.5 Å². The molecule has 4 N–H and O–H groups in total. The van der Waals surface area contributed by atoms with E-state index in [1.54, 1.807) is 6.07 Å². The van der Waals surface area contributed by atoms with Crippen molar-refractivity contribution >= 4 is 45.4 Å². The van der Waals surface area contributed by atoms with Crippen LogP contribution in [0.3, 0.4) is 0 Å². The lowest BCUT2D eigenvalue weighted by Gasteiger charge is -2.14. The van der Waals surface area contributed by atoms with E-state index in [9.17, 15) is 0 Å². The van der Waals surface area contributed by atoms with Crippen LogP contribution in [0.5, 0.6) is 11.5 Å². The average molecular weight is 494 g/mol. The van der Waals surface area contributed by atoms with Crippen molar-refractivity contribution in [2.24, 2.45) is 15.9 Å². The number of nitrogen functional groups attached to an aromatic ring is 1. The molecule has 3 rings (SSSR count). The van der Waals surface area contributed by atoms with Crippen LogP contribution in [0.2, 0.25) is 5.02 Å². The fourth-order valence-corrected chi connectivity index (χ4v) is 3.08. The summed E-state index contributed by atoms with van der Waals surface area (Å²) in [6.45, 7) is 2.71. The molecule has 0 aliphatic heterocycles. The van der Waals surface area contributed by atoms with Crippen LogP contribution in [-0.4, -0.2) is 29.0 Å². The Kier molecular flexibility index (Phi) is 7.26. The molecule has 0 bridgehead atoms. The number of rotatable bonds is 8. The number of nitrogens with zero attached hydrogens (tertiary/aromatic N) is 4. The number of halogens is 2. The lowest BCUT2D eigenvalue weighted by molar-refractivity contribution is 0.267. The van der Waals surface area contributed by atoms with Crippen molar-refractivity contribution < 1.29 is 14.1 Å². The van der Waals surface area contributed by atoms with Gasteiger partial charge in [-0.2, -0.15) is 5.10 Å². The molecular formula is C19H18BrClN6O3. The van der Waals surface area contributed by atoms with Crippen molar-refractivity contribution in [1.29, 1.82) is 0 Å². The van der Waals surface area contributed by atoms with Crippen LogP contribution < -0.4 is 20.9 Å². The van der Waals surface area contributed by atoms with E-state index in [1.165, 1.54) is 6.21 Å². The molecule has 0 saturated heterocycles. The van der Waals surface area contributed by atoms with Crippen molar-refractivity contribution in [2.75, 3.05) is 12.3 Å². The molecule has 0 aliphatic carbocycles. The smallest absolute Gasteiger partial charge is 0.199 e. The number of aromatic nitrogens is 2. The second kappa shape index (κ2) is 10.1. The van der Waals surface area contributed by atoms with Gasteiger partial charge in [0.15, 0.2) is 28.8 Å². The Morgan fingerprint density at radius 2 is 2.00 bits per heavy atom. The maximum absolute atomic E-state index is 5.96. The zero-order valence-corrected chi connectivity index (χ0v) is 18.2. The largest absolute Gasteiger partial charge is 0.490 e. The van der Waals surface area contributed by atoms with E-state index in [4.69, 9.17) is 32.5 Å². The monoisotopic (exact) mass is 492 g/mol. The summed E-state index contributed by atoms with van der Waals surface area (Å²) in [6.07, 6.45) is 1.51. The Morgan fingerprint density at radius 1 is 1.23 bits per heavy atom. The number of nitrogens with two attached hydrogens (primary N) is 2. The number of hydrogen-bond donors (Lipinski definition) is 2. The summed E-state index contributed by atoms with van der Waals surface area (Å²) in [5.41, 5.74) is 13.2. The highest BCUT2D eigenvalue weighted by molar-refractivity contribution is 9.10. The van der Waals surface area contributed by atoms with Gasteiger partial charge in [0, 0.05) is 5.02 Å². The van der Waals surface area contributed by atoms with Gasteiger partial charge < -0.3 is 20.9 Å². The normalized spacial score (nSPS) is 11.8. The molecule has 0 spiro atoms. The highest BCUT2D eigenvalue weighted by Crippen LogP contribution is 2.37. The van der Waals surface area contributed by atoms with Crippen molar-refractivity contribution in [3.63, 3.8) is 0 Å². The van der Waals surface area contributed by atoms with Crippen LogP contribution >= 0.6 is 27.5 Å². The summed E-state index contributed by atoms with van der Waals surface area (Å²) in [6, 6.07) is 11.0. The summed E-state index contributed by atoms with van der Waals surface area (Å²) in [5.74, 6) is 1.16. The number of amidine groups is 1. The number of hydrogen-bond acceptors (Lipinski definition) is 8. The highest BCUT2D eigenvalue weighted by atomic mass is 79.9. The minimum atomic E-state index is -0.0167. The molecule has 3 aromatic rings. The third-order valence-electron chi connectivity index (χ3n) is 3.76. The zero-order chi connectivity index (χ0) is 21.5. The SMILES string of the molecule is CCOc1cc(C=N/N=C(/N)c2nonc2N)cc(Br)c1OCc1ccc(Cl)cc1. The number of benzene rings is 2. The lowest BCUT2D eigenvalue weighted by Crippen LogP contribution is -2.15. The fourth-order valence-electron chi connectivity index (χ4n) is 2.38. The first-order valence-electron chi connectivity index (χ1n) is 8.76. The van der Waals surface area contributed by atoms with Crippen LogP contribution in [0.15, 0.2) is 55.7 Å². The van der Waals surface area contributed by atoms with Gasteiger partial charge in [0.25, 0.3) is 0 Å². The Balaban J connectivity index is 1.78. The van der Waals surface area contributed by atoms with E-state index in [2.05, 4.69) is 41.1 Å². The minimum Gasteiger partial charge on any atom is -0.490 e. The third-order valence-corrected chi connectivity index (χ3v) is 4.60. The highest BCUT2D eigenvalue weighted by Gasteiger charge is 2.13. The van der Waals surface area contributed by atoms with E-state index in [-0.39, 0.29) is 17.3 Å². The summed E-state index contributed by atoms with van der Waals surface area (Å²) in [4.78, 5) is 0. The van der Waals surface area contributed by atoms with E-state index in [0.29, 0.717) is 39.8 Å². The molecule has 2 aromatic carbocycles. The number of anilines is 1. The fraction of sp³-hybridized carbons (Fsp3) is 0.158. The van der Waals surface area contributed by atoms with Crippen molar-refractivity contribution in [1.82, 2.24) is 10.3 Å². The first-order valence-corrected chi connectivity index (χ1v) is 9.93. The van der Waals surface area contributed by atoms with Gasteiger partial charge in [-0.25, -0.2) is 4.63 Å². The van der Waals surface area contributed by atoms with E-state index >= 15 is 0 Å². The van der Waals surface area contributed by atoms with Crippen LogP contribution in [0.25, 0.3) is 0 Å². The molecule has 0 unspecified atom stereocenters. The average Bonchev–Trinajstić information content (AvgIpc) is 3.15. The first kappa shape index (κ1) is 21.6. The molecule has 0 saturated carbocycles. The molecule has 0 atom stereocenters. The Labute approximate surface area is 185 Å².